The van der Waals surface area contributed by atoms with Crippen molar-refractivity contribution in [3.8, 4) is 5.75 Å². The molecule has 2 aromatic rings. The van der Waals surface area contributed by atoms with E-state index in [4.69, 9.17) is 4.74 Å². The average Bonchev–Trinajstić information content (AvgIpc) is 2.46. The Labute approximate surface area is 136 Å². The fourth-order valence-corrected chi connectivity index (χ4v) is 3.25. The summed E-state index contributed by atoms with van der Waals surface area (Å²) in [6.45, 7) is 3.01. The summed E-state index contributed by atoms with van der Waals surface area (Å²) >= 11 is 7.19. The van der Waals surface area contributed by atoms with Gasteiger partial charge in [0.25, 0.3) is 0 Å². The maximum atomic E-state index is 5.29. The van der Waals surface area contributed by atoms with Crippen LogP contribution in [-0.2, 0) is 0 Å². The van der Waals surface area contributed by atoms with Crippen LogP contribution in [0, 0.1) is 0 Å². The highest BCUT2D eigenvalue weighted by atomic mass is 79.9. The van der Waals surface area contributed by atoms with E-state index in [0.717, 1.165) is 21.2 Å². The lowest BCUT2D eigenvalue weighted by molar-refractivity contribution is 0.412. The SMILES string of the molecule is CCNC(c1ccc(OC)c(Br)c1)c1ccccc1Br. The van der Waals surface area contributed by atoms with E-state index >= 15 is 0 Å². The Bertz CT molecular complexity index is 586. The summed E-state index contributed by atoms with van der Waals surface area (Å²) in [5.41, 5.74) is 2.43. The third-order valence-corrected chi connectivity index (χ3v) is 4.48. The van der Waals surface area contributed by atoms with Crippen molar-refractivity contribution >= 4 is 31.9 Å². The van der Waals surface area contributed by atoms with Crippen LogP contribution in [0.1, 0.15) is 24.1 Å². The van der Waals surface area contributed by atoms with Gasteiger partial charge in [0, 0.05) is 4.47 Å². The van der Waals surface area contributed by atoms with Gasteiger partial charge in [0.2, 0.25) is 0 Å². The molecule has 0 aliphatic rings. The summed E-state index contributed by atoms with van der Waals surface area (Å²) in [5.74, 6) is 0.844. The number of methoxy groups -OCH3 is 1. The predicted molar refractivity (Wildman–Crippen MR) is 90.4 cm³/mol. The molecule has 0 fully saturated rings. The molecule has 20 heavy (non-hydrogen) atoms. The normalized spacial score (nSPS) is 12.2. The molecule has 0 saturated carbocycles. The first-order chi connectivity index (χ1) is 9.67. The van der Waals surface area contributed by atoms with Gasteiger partial charge in [-0.05, 0) is 51.8 Å². The first-order valence-corrected chi connectivity index (χ1v) is 8.07. The number of hydrogen-bond donors (Lipinski definition) is 1. The molecule has 0 aliphatic heterocycles. The van der Waals surface area contributed by atoms with Crippen LogP contribution in [0.2, 0.25) is 0 Å². The van der Waals surface area contributed by atoms with Crippen LogP contribution in [0.3, 0.4) is 0 Å². The molecule has 2 rings (SSSR count). The molecule has 0 heterocycles. The van der Waals surface area contributed by atoms with Gasteiger partial charge in [-0.1, -0.05) is 47.1 Å². The Balaban J connectivity index is 2.43. The molecular formula is C16H17Br2NO. The third kappa shape index (κ3) is 3.43. The summed E-state index contributed by atoms with van der Waals surface area (Å²) < 4.78 is 7.37. The van der Waals surface area contributed by atoms with Gasteiger partial charge < -0.3 is 10.1 Å². The van der Waals surface area contributed by atoms with Gasteiger partial charge in [-0.15, -0.1) is 0 Å². The summed E-state index contributed by atoms with van der Waals surface area (Å²) in [7, 11) is 1.68. The Hall–Kier alpha value is -0.840. The van der Waals surface area contributed by atoms with E-state index in [9.17, 15) is 0 Å². The van der Waals surface area contributed by atoms with Crippen molar-refractivity contribution in [2.45, 2.75) is 13.0 Å². The minimum atomic E-state index is 0.151. The number of ether oxygens (including phenoxy) is 1. The topological polar surface area (TPSA) is 21.3 Å². The second kappa shape index (κ2) is 7.25. The Morgan fingerprint density at radius 3 is 2.45 bits per heavy atom. The standard InChI is InChI=1S/C16H17Br2NO/c1-3-19-16(12-6-4-5-7-13(12)17)11-8-9-15(20-2)14(18)10-11/h4-10,16,19H,3H2,1-2H3. The smallest absolute Gasteiger partial charge is 0.133 e. The minimum absolute atomic E-state index is 0.151. The van der Waals surface area contributed by atoms with Crippen LogP contribution in [0.25, 0.3) is 0 Å². The summed E-state index contributed by atoms with van der Waals surface area (Å²) in [6.07, 6.45) is 0. The van der Waals surface area contributed by atoms with Crippen molar-refractivity contribution in [1.82, 2.24) is 5.32 Å². The maximum Gasteiger partial charge on any atom is 0.133 e. The van der Waals surface area contributed by atoms with E-state index in [1.54, 1.807) is 7.11 Å². The van der Waals surface area contributed by atoms with Gasteiger partial charge in [-0.3, -0.25) is 0 Å². The number of rotatable bonds is 5. The highest BCUT2D eigenvalue weighted by Crippen LogP contribution is 2.33. The third-order valence-electron chi connectivity index (χ3n) is 3.13. The van der Waals surface area contributed by atoms with Gasteiger partial charge in [-0.25, -0.2) is 0 Å². The fraction of sp³-hybridized carbons (Fsp3) is 0.250. The van der Waals surface area contributed by atoms with Gasteiger partial charge in [-0.2, -0.15) is 0 Å². The quantitative estimate of drug-likeness (QED) is 0.771. The van der Waals surface area contributed by atoms with E-state index in [-0.39, 0.29) is 6.04 Å². The number of benzene rings is 2. The van der Waals surface area contributed by atoms with Gasteiger partial charge in [0.1, 0.15) is 5.75 Å². The molecule has 1 N–H and O–H groups in total. The Morgan fingerprint density at radius 2 is 1.85 bits per heavy atom. The van der Waals surface area contributed by atoms with Crippen LogP contribution in [-0.4, -0.2) is 13.7 Å². The summed E-state index contributed by atoms with van der Waals surface area (Å²) in [6, 6.07) is 14.6. The molecule has 0 radical (unpaired) electrons. The molecule has 106 valence electrons. The van der Waals surface area contributed by atoms with Crippen molar-refractivity contribution in [3.05, 3.63) is 62.5 Å². The monoisotopic (exact) mass is 397 g/mol. The van der Waals surface area contributed by atoms with E-state index in [1.807, 2.05) is 12.1 Å². The van der Waals surface area contributed by atoms with Gasteiger partial charge >= 0.3 is 0 Å². The maximum absolute atomic E-state index is 5.29. The number of halogens is 2. The van der Waals surface area contributed by atoms with Crippen molar-refractivity contribution in [2.24, 2.45) is 0 Å². The van der Waals surface area contributed by atoms with E-state index in [2.05, 4.69) is 74.4 Å². The zero-order valence-electron chi connectivity index (χ0n) is 11.5. The van der Waals surface area contributed by atoms with Crippen molar-refractivity contribution in [2.75, 3.05) is 13.7 Å². The molecule has 0 bridgehead atoms. The molecule has 0 aliphatic carbocycles. The van der Waals surface area contributed by atoms with Crippen LogP contribution in [0.5, 0.6) is 5.75 Å². The van der Waals surface area contributed by atoms with E-state index in [1.165, 1.54) is 11.1 Å². The molecule has 1 atom stereocenters. The second-order valence-corrected chi connectivity index (χ2v) is 6.11. The van der Waals surface area contributed by atoms with Crippen LogP contribution < -0.4 is 10.1 Å². The lowest BCUT2D eigenvalue weighted by Gasteiger charge is -2.21. The molecule has 0 aromatic heterocycles. The fourth-order valence-electron chi connectivity index (χ4n) is 2.18. The van der Waals surface area contributed by atoms with Gasteiger partial charge in [0.15, 0.2) is 0 Å². The van der Waals surface area contributed by atoms with Crippen LogP contribution in [0.4, 0.5) is 0 Å². The molecule has 4 heteroatoms. The molecule has 2 aromatic carbocycles. The molecular weight excluding hydrogens is 382 g/mol. The molecule has 1 unspecified atom stereocenters. The van der Waals surface area contributed by atoms with Crippen LogP contribution in [0.15, 0.2) is 51.4 Å². The highest BCUT2D eigenvalue weighted by Gasteiger charge is 2.16. The van der Waals surface area contributed by atoms with Gasteiger partial charge in [0.05, 0.1) is 17.6 Å². The number of hydrogen-bond acceptors (Lipinski definition) is 2. The van der Waals surface area contributed by atoms with E-state index < -0.39 is 0 Å². The second-order valence-electron chi connectivity index (χ2n) is 4.41. The first kappa shape index (κ1) is 15.5. The summed E-state index contributed by atoms with van der Waals surface area (Å²) in [4.78, 5) is 0. The zero-order valence-corrected chi connectivity index (χ0v) is 14.7. The Morgan fingerprint density at radius 1 is 1.10 bits per heavy atom. The molecule has 2 nitrogen and oxygen atoms in total. The molecule has 0 spiro atoms. The highest BCUT2D eigenvalue weighted by molar-refractivity contribution is 9.10. The zero-order chi connectivity index (χ0) is 14.5. The largest absolute Gasteiger partial charge is 0.496 e. The molecule has 0 saturated heterocycles. The van der Waals surface area contributed by atoms with Crippen LogP contribution >= 0.6 is 31.9 Å². The molecule has 0 amide bonds. The van der Waals surface area contributed by atoms with Crippen molar-refractivity contribution in [3.63, 3.8) is 0 Å². The van der Waals surface area contributed by atoms with E-state index in [0.29, 0.717) is 0 Å². The first-order valence-electron chi connectivity index (χ1n) is 6.48. The van der Waals surface area contributed by atoms with Crippen molar-refractivity contribution in [1.29, 1.82) is 0 Å². The van der Waals surface area contributed by atoms with Crippen molar-refractivity contribution < 1.29 is 4.74 Å². The lowest BCUT2D eigenvalue weighted by atomic mass is 9.98. The summed E-state index contributed by atoms with van der Waals surface area (Å²) in [5, 5.41) is 3.53. The predicted octanol–water partition coefficient (Wildman–Crippen LogP) is 4.92. The Kier molecular flexibility index (Phi) is 5.64. The minimum Gasteiger partial charge on any atom is -0.496 e. The lowest BCUT2D eigenvalue weighted by Crippen LogP contribution is -2.22. The average molecular weight is 399 g/mol. The number of nitrogens with one attached hydrogen (secondary N) is 1.